The zero-order chi connectivity index (χ0) is 24.3. The molecule has 8 heteroatoms. The number of benzene rings is 3. The van der Waals surface area contributed by atoms with E-state index < -0.39 is 23.8 Å². The summed E-state index contributed by atoms with van der Waals surface area (Å²) in [5, 5.41) is 9.43. The normalized spacial score (nSPS) is 12.6. The molecule has 4 nitrogen and oxygen atoms in total. The van der Waals surface area contributed by atoms with Crippen molar-refractivity contribution in [3.05, 3.63) is 95.7 Å². The van der Waals surface area contributed by atoms with Gasteiger partial charge in [-0.1, -0.05) is 48.5 Å². The maximum absolute atomic E-state index is 13.1. The van der Waals surface area contributed by atoms with Crippen LogP contribution < -0.4 is 5.73 Å². The van der Waals surface area contributed by atoms with Crippen molar-refractivity contribution in [1.82, 2.24) is 4.98 Å². The van der Waals surface area contributed by atoms with E-state index in [4.69, 9.17) is 10.8 Å². The van der Waals surface area contributed by atoms with E-state index in [1.165, 1.54) is 17.8 Å². The number of halogens is 3. The number of rotatable bonds is 7. The molecule has 4 rings (SSSR count). The van der Waals surface area contributed by atoms with Crippen LogP contribution in [0.1, 0.15) is 16.7 Å². The Hall–Kier alpha value is -3.36. The number of aliphatic carboxylic acids is 1. The lowest BCUT2D eigenvalue weighted by Gasteiger charge is -2.11. The minimum Gasteiger partial charge on any atom is -0.480 e. The third kappa shape index (κ3) is 5.58. The van der Waals surface area contributed by atoms with Crippen LogP contribution >= 0.6 is 11.8 Å². The zero-order valence-electron chi connectivity index (χ0n) is 17.9. The first-order valence-corrected chi connectivity index (χ1v) is 11.4. The molecule has 0 radical (unpaired) electrons. The van der Waals surface area contributed by atoms with Gasteiger partial charge in [-0.2, -0.15) is 13.2 Å². The Balaban J connectivity index is 1.45. The number of nitrogens with two attached hydrogens (primary N) is 1. The number of fused-ring (bicyclic) bond motifs is 1. The van der Waals surface area contributed by atoms with E-state index in [-0.39, 0.29) is 6.42 Å². The van der Waals surface area contributed by atoms with E-state index in [1.807, 2.05) is 48.5 Å². The van der Waals surface area contributed by atoms with Gasteiger partial charge in [-0.15, -0.1) is 11.8 Å². The van der Waals surface area contributed by atoms with Gasteiger partial charge in [-0.25, -0.2) is 0 Å². The number of carboxylic acids is 1. The summed E-state index contributed by atoms with van der Waals surface area (Å²) in [5.74, 6) is -0.431. The summed E-state index contributed by atoms with van der Waals surface area (Å²) in [6, 6.07) is 19.9. The van der Waals surface area contributed by atoms with E-state index in [0.29, 0.717) is 16.7 Å². The second-order valence-electron chi connectivity index (χ2n) is 7.87. The molecule has 4 aromatic rings. The second kappa shape index (κ2) is 9.87. The molecule has 1 heterocycles. The molecule has 0 aliphatic carbocycles. The molecule has 0 spiro atoms. The van der Waals surface area contributed by atoms with Crippen molar-refractivity contribution in [1.29, 1.82) is 0 Å². The lowest BCUT2D eigenvalue weighted by atomic mass is 10.0. The van der Waals surface area contributed by atoms with Crippen LogP contribution in [-0.4, -0.2) is 22.1 Å². The summed E-state index contributed by atoms with van der Waals surface area (Å²) in [7, 11) is 0. The smallest absolute Gasteiger partial charge is 0.416 e. The van der Waals surface area contributed by atoms with Gasteiger partial charge in [-0.3, -0.25) is 9.78 Å². The van der Waals surface area contributed by atoms with Gasteiger partial charge in [0, 0.05) is 22.2 Å². The number of alkyl halides is 3. The van der Waals surface area contributed by atoms with Gasteiger partial charge < -0.3 is 10.8 Å². The fourth-order valence-corrected chi connectivity index (χ4v) is 4.54. The molecule has 34 heavy (non-hydrogen) atoms. The van der Waals surface area contributed by atoms with Crippen LogP contribution in [0.4, 0.5) is 13.2 Å². The molecule has 0 aliphatic heterocycles. The summed E-state index contributed by atoms with van der Waals surface area (Å²) in [6.07, 6.45) is -2.53. The molecule has 3 aromatic carbocycles. The van der Waals surface area contributed by atoms with Gasteiger partial charge in [0.25, 0.3) is 0 Å². The summed E-state index contributed by atoms with van der Waals surface area (Å²) >= 11 is 1.47. The molecule has 1 aromatic heterocycles. The third-order valence-electron chi connectivity index (χ3n) is 5.44. The van der Waals surface area contributed by atoms with E-state index in [0.717, 1.165) is 39.3 Å². The summed E-state index contributed by atoms with van der Waals surface area (Å²) in [5.41, 5.74) is 9.32. The fourth-order valence-electron chi connectivity index (χ4n) is 3.55. The van der Waals surface area contributed by atoms with Crippen LogP contribution in [0.5, 0.6) is 0 Å². The summed E-state index contributed by atoms with van der Waals surface area (Å²) < 4.78 is 39.4. The Morgan fingerprint density at radius 2 is 1.56 bits per heavy atom. The number of thioether (sulfide) groups is 1. The second-order valence-corrected chi connectivity index (χ2v) is 8.89. The van der Waals surface area contributed by atoms with Crippen molar-refractivity contribution in [2.24, 2.45) is 5.73 Å². The molecule has 0 amide bonds. The van der Waals surface area contributed by atoms with Gasteiger partial charge in [0.1, 0.15) is 6.04 Å². The van der Waals surface area contributed by atoms with Crippen molar-refractivity contribution >= 4 is 28.6 Å². The highest BCUT2D eigenvalue weighted by Gasteiger charge is 2.30. The lowest BCUT2D eigenvalue weighted by Crippen LogP contribution is -2.32. The van der Waals surface area contributed by atoms with Crippen molar-refractivity contribution in [2.75, 3.05) is 0 Å². The molecule has 0 saturated heterocycles. The molecular formula is C26H21F3N2O2S. The Labute approximate surface area is 198 Å². The van der Waals surface area contributed by atoms with E-state index in [9.17, 15) is 18.0 Å². The van der Waals surface area contributed by atoms with Crippen LogP contribution in [0, 0.1) is 0 Å². The quantitative estimate of drug-likeness (QED) is 0.308. The van der Waals surface area contributed by atoms with Crippen molar-refractivity contribution in [2.45, 2.75) is 29.3 Å². The average molecular weight is 483 g/mol. The first-order valence-electron chi connectivity index (χ1n) is 10.5. The molecule has 0 fully saturated rings. The van der Waals surface area contributed by atoms with Gasteiger partial charge in [0.2, 0.25) is 0 Å². The van der Waals surface area contributed by atoms with Crippen molar-refractivity contribution < 1.29 is 23.1 Å². The zero-order valence-corrected chi connectivity index (χ0v) is 18.7. The average Bonchev–Trinajstić information content (AvgIpc) is 2.82. The largest absolute Gasteiger partial charge is 0.480 e. The first-order chi connectivity index (χ1) is 16.2. The van der Waals surface area contributed by atoms with Gasteiger partial charge >= 0.3 is 12.1 Å². The van der Waals surface area contributed by atoms with Gasteiger partial charge in [-0.05, 0) is 52.9 Å². The van der Waals surface area contributed by atoms with Gasteiger partial charge in [0.15, 0.2) is 0 Å². The Morgan fingerprint density at radius 3 is 2.15 bits per heavy atom. The monoisotopic (exact) mass is 482 g/mol. The highest BCUT2D eigenvalue weighted by molar-refractivity contribution is 7.98. The molecule has 1 atom stereocenters. The third-order valence-corrected chi connectivity index (χ3v) is 6.58. The Kier molecular flexibility index (Phi) is 6.90. The van der Waals surface area contributed by atoms with Crippen LogP contribution in [0.15, 0.2) is 83.9 Å². The fraction of sp³-hybridized carbons (Fsp3) is 0.154. The molecule has 3 N–H and O–H groups in total. The maximum atomic E-state index is 13.1. The number of aromatic nitrogens is 1. The number of nitrogens with zero attached hydrogens (tertiary/aromatic N) is 1. The Bertz CT molecular complexity index is 1310. The minimum atomic E-state index is -4.40. The number of carboxylic acid groups (broad SMARTS) is 1. The Morgan fingerprint density at radius 1 is 0.941 bits per heavy atom. The maximum Gasteiger partial charge on any atom is 0.416 e. The standard InChI is InChI=1S/C26H21F3N2O2S/c27-26(28,29)20-9-10-23-21(14-20)24(11-12-31-23)34-15-17-3-7-19(8-4-17)18-5-1-16(2-6-18)13-22(30)25(32)33/h1-12,14,22H,13,15,30H2,(H,32,33). The van der Waals surface area contributed by atoms with Crippen LogP contribution in [0.2, 0.25) is 0 Å². The van der Waals surface area contributed by atoms with Gasteiger partial charge in [0.05, 0.1) is 11.1 Å². The molecule has 1 unspecified atom stereocenters. The number of pyridine rings is 1. The number of hydrogen-bond donors (Lipinski definition) is 2. The van der Waals surface area contributed by atoms with Crippen molar-refractivity contribution in [3.8, 4) is 11.1 Å². The van der Waals surface area contributed by atoms with E-state index in [1.54, 1.807) is 12.3 Å². The van der Waals surface area contributed by atoms with Crippen LogP contribution in [0.25, 0.3) is 22.0 Å². The molecule has 0 aliphatic rings. The molecular weight excluding hydrogens is 461 g/mol. The predicted molar refractivity (Wildman–Crippen MR) is 127 cm³/mol. The molecule has 174 valence electrons. The highest BCUT2D eigenvalue weighted by Crippen LogP contribution is 2.35. The minimum absolute atomic E-state index is 0.264. The number of carbonyl (C=O) groups is 1. The SMILES string of the molecule is NC(Cc1ccc(-c2ccc(CSc3ccnc4ccc(C(F)(F)F)cc34)cc2)cc1)C(=O)O. The lowest BCUT2D eigenvalue weighted by molar-refractivity contribution is -0.139. The first kappa shape index (κ1) is 23.8. The van der Waals surface area contributed by atoms with E-state index in [2.05, 4.69) is 4.98 Å². The highest BCUT2D eigenvalue weighted by atomic mass is 32.2. The topological polar surface area (TPSA) is 76.2 Å². The van der Waals surface area contributed by atoms with Crippen LogP contribution in [0.3, 0.4) is 0 Å². The summed E-state index contributed by atoms with van der Waals surface area (Å²) in [4.78, 5) is 15.8. The summed E-state index contributed by atoms with van der Waals surface area (Å²) in [6.45, 7) is 0. The van der Waals surface area contributed by atoms with Crippen molar-refractivity contribution in [3.63, 3.8) is 0 Å². The van der Waals surface area contributed by atoms with Crippen LogP contribution in [-0.2, 0) is 23.1 Å². The van der Waals surface area contributed by atoms with E-state index >= 15 is 0 Å². The molecule has 0 bridgehead atoms. The predicted octanol–water partition coefficient (Wildman–Crippen LogP) is 6.17. The number of hydrogen-bond acceptors (Lipinski definition) is 4. The molecule has 0 saturated carbocycles.